The van der Waals surface area contributed by atoms with Crippen molar-refractivity contribution >= 4 is 7.92 Å². The largest absolute Gasteiger partial charge is 0.0938 e. The molecule has 0 saturated carbocycles. The molecule has 2 atom stereocenters. The van der Waals surface area contributed by atoms with Crippen LogP contribution in [0.1, 0.15) is 0 Å². The van der Waals surface area contributed by atoms with Crippen LogP contribution in [0.3, 0.4) is 0 Å². The molecule has 0 aromatic carbocycles. The van der Waals surface area contributed by atoms with E-state index >= 15 is 0 Å². The van der Waals surface area contributed by atoms with Crippen molar-refractivity contribution in [3.63, 3.8) is 0 Å². The summed E-state index contributed by atoms with van der Waals surface area (Å²) in [4.78, 5) is 0. The van der Waals surface area contributed by atoms with Crippen LogP contribution in [0.15, 0.2) is 36.5 Å². The molecule has 0 aromatic rings. The highest BCUT2D eigenvalue weighted by Gasteiger charge is 2.41. The Morgan fingerprint density at radius 2 is 1.40 bits per heavy atom. The zero-order valence-electron chi connectivity index (χ0n) is 6.07. The second-order valence-electron chi connectivity index (χ2n) is 2.80. The van der Waals surface area contributed by atoms with E-state index in [2.05, 4.69) is 43.1 Å². The fourth-order valence-corrected chi connectivity index (χ4v) is 3.49. The summed E-state index contributed by atoms with van der Waals surface area (Å²) in [6.07, 6.45) is 13.2. The number of allylic oxidation sites excluding steroid dienone is 6. The van der Waals surface area contributed by atoms with Crippen molar-refractivity contribution in [1.29, 1.82) is 0 Å². The highest BCUT2D eigenvalue weighted by atomic mass is 31.1. The van der Waals surface area contributed by atoms with Crippen LogP contribution in [0.4, 0.5) is 0 Å². The Morgan fingerprint density at radius 3 is 1.90 bits per heavy atom. The molecule has 1 aliphatic heterocycles. The smallest absolute Gasteiger partial charge is 0.00791 e. The van der Waals surface area contributed by atoms with E-state index in [0.29, 0.717) is 7.92 Å². The van der Waals surface area contributed by atoms with E-state index in [0.717, 1.165) is 11.3 Å². The fourth-order valence-electron chi connectivity index (χ4n) is 1.37. The first-order valence-corrected chi connectivity index (χ1v) is 5.56. The van der Waals surface area contributed by atoms with E-state index in [1.165, 1.54) is 0 Å². The van der Waals surface area contributed by atoms with Crippen molar-refractivity contribution in [2.75, 3.05) is 6.66 Å². The molecule has 1 saturated heterocycles. The Kier molecular flexibility index (Phi) is 1.50. The molecule has 2 unspecified atom stereocenters. The zero-order chi connectivity index (χ0) is 6.97. The molecule has 1 aliphatic carbocycles. The topological polar surface area (TPSA) is 0 Å². The molecule has 0 spiro atoms. The standard InChI is InChI=1S/C9H11P/c1-10-8-6-4-2-3-5-7-9(8)10/h2-9H,1H3/b3-2-,6-4-,7-5-. The highest BCUT2D eigenvalue weighted by Crippen LogP contribution is 2.65. The van der Waals surface area contributed by atoms with Crippen LogP contribution < -0.4 is 0 Å². The van der Waals surface area contributed by atoms with Crippen LogP contribution in [0.25, 0.3) is 0 Å². The predicted molar refractivity (Wildman–Crippen MR) is 47.8 cm³/mol. The number of rotatable bonds is 0. The minimum atomic E-state index is 0.317. The van der Waals surface area contributed by atoms with E-state index in [-0.39, 0.29) is 0 Å². The Hall–Kier alpha value is -0.350. The first-order chi connectivity index (χ1) is 4.89. The van der Waals surface area contributed by atoms with Gasteiger partial charge in [0.25, 0.3) is 0 Å². The van der Waals surface area contributed by atoms with Crippen LogP contribution in [-0.4, -0.2) is 18.0 Å². The maximum absolute atomic E-state index is 2.38. The summed E-state index contributed by atoms with van der Waals surface area (Å²) in [5.41, 5.74) is 1.80. The lowest BCUT2D eigenvalue weighted by molar-refractivity contribution is 1.23. The predicted octanol–water partition coefficient (Wildman–Crippen LogP) is 2.53. The summed E-state index contributed by atoms with van der Waals surface area (Å²) in [6.45, 7) is 2.38. The molecule has 52 valence electrons. The van der Waals surface area contributed by atoms with Gasteiger partial charge in [-0.1, -0.05) is 44.4 Å². The summed E-state index contributed by atoms with van der Waals surface area (Å²) in [6, 6.07) is 0. The molecule has 1 heterocycles. The van der Waals surface area contributed by atoms with E-state index < -0.39 is 0 Å². The van der Waals surface area contributed by atoms with Crippen molar-refractivity contribution < 1.29 is 0 Å². The van der Waals surface area contributed by atoms with Crippen molar-refractivity contribution in [3.8, 4) is 0 Å². The van der Waals surface area contributed by atoms with Crippen LogP contribution in [0, 0.1) is 0 Å². The molecular weight excluding hydrogens is 139 g/mol. The van der Waals surface area contributed by atoms with Gasteiger partial charge in [0, 0.05) is 11.3 Å². The van der Waals surface area contributed by atoms with Gasteiger partial charge in [0.15, 0.2) is 0 Å². The molecule has 0 N–H and O–H groups in total. The fraction of sp³-hybridized carbons (Fsp3) is 0.333. The Labute approximate surface area is 63.1 Å². The lowest BCUT2D eigenvalue weighted by Gasteiger charge is -1.84. The molecule has 0 amide bonds. The Morgan fingerprint density at radius 1 is 0.900 bits per heavy atom. The van der Waals surface area contributed by atoms with E-state index in [1.807, 2.05) is 0 Å². The van der Waals surface area contributed by atoms with E-state index in [1.54, 1.807) is 0 Å². The summed E-state index contributed by atoms with van der Waals surface area (Å²) in [5, 5.41) is 0. The van der Waals surface area contributed by atoms with E-state index in [4.69, 9.17) is 0 Å². The van der Waals surface area contributed by atoms with Crippen LogP contribution >= 0.6 is 7.92 Å². The average Bonchev–Trinajstić information content (AvgIpc) is 2.39. The lowest BCUT2D eigenvalue weighted by atomic mass is 10.2. The minimum absolute atomic E-state index is 0.317. The quantitative estimate of drug-likeness (QED) is 0.465. The first kappa shape index (κ1) is 6.37. The lowest BCUT2D eigenvalue weighted by Crippen LogP contribution is -1.84. The van der Waals surface area contributed by atoms with Crippen molar-refractivity contribution in [3.05, 3.63) is 36.5 Å². The second kappa shape index (κ2) is 2.36. The van der Waals surface area contributed by atoms with Gasteiger partial charge in [-0.05, 0) is 6.66 Å². The molecule has 1 fully saturated rings. The van der Waals surface area contributed by atoms with Crippen molar-refractivity contribution in [2.24, 2.45) is 0 Å². The average molecular weight is 150 g/mol. The van der Waals surface area contributed by atoms with Gasteiger partial charge in [-0.3, -0.25) is 0 Å². The monoisotopic (exact) mass is 150 g/mol. The van der Waals surface area contributed by atoms with Gasteiger partial charge < -0.3 is 0 Å². The van der Waals surface area contributed by atoms with Crippen LogP contribution in [-0.2, 0) is 0 Å². The number of hydrogen-bond donors (Lipinski definition) is 0. The molecular formula is C9H11P. The zero-order valence-corrected chi connectivity index (χ0v) is 6.96. The molecule has 10 heavy (non-hydrogen) atoms. The van der Waals surface area contributed by atoms with Crippen molar-refractivity contribution in [2.45, 2.75) is 11.3 Å². The van der Waals surface area contributed by atoms with Crippen LogP contribution in [0.5, 0.6) is 0 Å². The van der Waals surface area contributed by atoms with Gasteiger partial charge in [0.2, 0.25) is 0 Å². The highest BCUT2D eigenvalue weighted by molar-refractivity contribution is 7.67. The molecule has 2 aliphatic rings. The van der Waals surface area contributed by atoms with Gasteiger partial charge in [-0.2, -0.15) is 0 Å². The van der Waals surface area contributed by atoms with Gasteiger partial charge in [0.1, 0.15) is 0 Å². The third-order valence-electron chi connectivity index (χ3n) is 2.15. The Balaban J connectivity index is 2.19. The number of hydrogen-bond acceptors (Lipinski definition) is 0. The summed E-state index contributed by atoms with van der Waals surface area (Å²) in [7, 11) is 0.317. The third kappa shape index (κ3) is 0.973. The molecule has 1 heteroatoms. The normalized spacial score (nSPS) is 51.9. The summed E-state index contributed by atoms with van der Waals surface area (Å²) < 4.78 is 0. The molecule has 2 rings (SSSR count). The summed E-state index contributed by atoms with van der Waals surface area (Å²) in [5.74, 6) is 0. The number of fused-ring (bicyclic) bond motifs is 1. The second-order valence-corrected chi connectivity index (χ2v) is 5.32. The summed E-state index contributed by atoms with van der Waals surface area (Å²) >= 11 is 0. The minimum Gasteiger partial charge on any atom is -0.0938 e. The van der Waals surface area contributed by atoms with E-state index in [9.17, 15) is 0 Å². The van der Waals surface area contributed by atoms with Gasteiger partial charge in [0.05, 0.1) is 0 Å². The van der Waals surface area contributed by atoms with Crippen molar-refractivity contribution in [1.82, 2.24) is 0 Å². The van der Waals surface area contributed by atoms with Gasteiger partial charge in [-0.15, -0.1) is 0 Å². The van der Waals surface area contributed by atoms with Crippen LogP contribution in [0.2, 0.25) is 0 Å². The first-order valence-electron chi connectivity index (χ1n) is 3.63. The maximum atomic E-state index is 2.38. The third-order valence-corrected chi connectivity index (χ3v) is 4.67. The van der Waals surface area contributed by atoms with Gasteiger partial charge in [-0.25, -0.2) is 0 Å². The maximum Gasteiger partial charge on any atom is 0.00791 e. The van der Waals surface area contributed by atoms with Gasteiger partial charge >= 0.3 is 0 Å². The molecule has 0 radical (unpaired) electrons. The molecule has 0 nitrogen and oxygen atoms in total. The SMILES string of the molecule is CP1C2\C=C/C=C\C=C/C21. The molecule has 0 aromatic heterocycles. The Bertz CT molecular complexity index is 191. The molecule has 0 bridgehead atoms.